The van der Waals surface area contributed by atoms with Crippen molar-refractivity contribution < 1.29 is 4.52 Å². The molecule has 2 aromatic rings. The van der Waals surface area contributed by atoms with Gasteiger partial charge in [0, 0.05) is 10.0 Å². The summed E-state index contributed by atoms with van der Waals surface area (Å²) in [7, 11) is 0. The zero-order valence-electron chi connectivity index (χ0n) is 11.5. The highest BCUT2D eigenvalue weighted by molar-refractivity contribution is 9.10. The maximum absolute atomic E-state index is 6.46. The van der Waals surface area contributed by atoms with Crippen molar-refractivity contribution in [2.24, 2.45) is 11.7 Å². The summed E-state index contributed by atoms with van der Waals surface area (Å²) in [6.07, 6.45) is 4.05. The Morgan fingerprint density at radius 3 is 2.70 bits per heavy atom. The van der Waals surface area contributed by atoms with Gasteiger partial charge in [0.2, 0.25) is 11.7 Å². The van der Waals surface area contributed by atoms with Gasteiger partial charge in [-0.1, -0.05) is 40.1 Å². The summed E-state index contributed by atoms with van der Waals surface area (Å²) in [6, 6.07) is 7.84. The first kappa shape index (κ1) is 13.8. The monoisotopic (exact) mass is 335 g/mol. The van der Waals surface area contributed by atoms with E-state index < -0.39 is 5.54 Å². The van der Waals surface area contributed by atoms with Gasteiger partial charge in [-0.25, -0.2) is 0 Å². The molecule has 1 aromatic heterocycles. The Labute approximate surface area is 126 Å². The molecular formula is C15H18BrN3O. The van der Waals surface area contributed by atoms with Gasteiger partial charge < -0.3 is 10.3 Å². The molecule has 3 rings (SSSR count). The quantitative estimate of drug-likeness (QED) is 0.904. The Hall–Kier alpha value is -1.20. The average Bonchev–Trinajstić information content (AvgIpc) is 2.93. The molecule has 106 valence electrons. The molecule has 0 saturated heterocycles. The molecule has 2 N–H and O–H groups in total. The van der Waals surface area contributed by atoms with Crippen LogP contribution in [0.5, 0.6) is 0 Å². The Morgan fingerprint density at radius 2 is 2.00 bits per heavy atom. The molecule has 0 radical (unpaired) electrons. The Bertz CT molecular complexity index is 603. The maximum Gasteiger partial charge on any atom is 0.247 e. The van der Waals surface area contributed by atoms with Crippen LogP contribution in [0, 0.1) is 5.92 Å². The molecule has 0 aliphatic heterocycles. The van der Waals surface area contributed by atoms with Crippen LogP contribution in [-0.2, 0) is 5.54 Å². The highest BCUT2D eigenvalue weighted by atomic mass is 79.9. The lowest BCUT2D eigenvalue weighted by Crippen LogP contribution is -2.40. The van der Waals surface area contributed by atoms with Gasteiger partial charge in [0.05, 0.1) is 5.54 Å². The topological polar surface area (TPSA) is 64.9 Å². The highest BCUT2D eigenvalue weighted by Crippen LogP contribution is 2.37. The predicted octanol–water partition coefficient (Wildman–Crippen LogP) is 3.86. The number of benzene rings is 1. The number of aromatic nitrogens is 2. The molecule has 1 heterocycles. The summed E-state index contributed by atoms with van der Waals surface area (Å²) in [6.45, 7) is 2.26. The fraction of sp³-hybridized carbons (Fsp3) is 0.467. The number of hydrogen-bond donors (Lipinski definition) is 1. The second kappa shape index (κ2) is 5.30. The van der Waals surface area contributed by atoms with Crippen molar-refractivity contribution >= 4 is 15.9 Å². The third-order valence-electron chi connectivity index (χ3n) is 4.13. The maximum atomic E-state index is 6.46. The third kappa shape index (κ3) is 2.52. The summed E-state index contributed by atoms with van der Waals surface area (Å²) in [5, 5.41) is 4.09. The van der Waals surface area contributed by atoms with Gasteiger partial charge in [-0.2, -0.15) is 4.98 Å². The molecule has 1 aliphatic rings. The van der Waals surface area contributed by atoms with Gasteiger partial charge in [-0.3, -0.25) is 0 Å². The van der Waals surface area contributed by atoms with Crippen molar-refractivity contribution in [1.29, 1.82) is 0 Å². The summed E-state index contributed by atoms with van der Waals surface area (Å²) < 4.78 is 6.40. The van der Waals surface area contributed by atoms with E-state index in [1.54, 1.807) is 0 Å². The standard InChI is InChI=1S/C15H18BrN3O/c1-10-6-8-15(17,9-7-10)14-18-13(19-20-14)11-4-2-3-5-12(11)16/h2-5,10H,6-9,17H2,1H3. The van der Waals surface area contributed by atoms with Crippen LogP contribution in [0.15, 0.2) is 33.3 Å². The first-order valence-corrected chi connectivity index (χ1v) is 7.76. The van der Waals surface area contributed by atoms with E-state index in [-0.39, 0.29) is 0 Å². The summed E-state index contributed by atoms with van der Waals surface area (Å²) >= 11 is 3.51. The second-order valence-corrected chi connectivity index (χ2v) is 6.60. The highest BCUT2D eigenvalue weighted by Gasteiger charge is 2.37. The number of hydrogen-bond acceptors (Lipinski definition) is 4. The lowest BCUT2D eigenvalue weighted by molar-refractivity contribution is 0.190. The molecule has 1 fully saturated rings. The largest absolute Gasteiger partial charge is 0.337 e. The minimum atomic E-state index is -0.459. The lowest BCUT2D eigenvalue weighted by atomic mass is 9.78. The first-order valence-electron chi connectivity index (χ1n) is 6.96. The average molecular weight is 336 g/mol. The van der Waals surface area contributed by atoms with Crippen LogP contribution >= 0.6 is 15.9 Å². The van der Waals surface area contributed by atoms with Gasteiger partial charge in [-0.05, 0) is 43.7 Å². The predicted molar refractivity (Wildman–Crippen MR) is 80.9 cm³/mol. The molecular weight excluding hydrogens is 318 g/mol. The first-order chi connectivity index (χ1) is 9.58. The molecule has 0 bridgehead atoms. The second-order valence-electron chi connectivity index (χ2n) is 5.74. The van der Waals surface area contributed by atoms with Gasteiger partial charge in [0.25, 0.3) is 0 Å². The third-order valence-corrected chi connectivity index (χ3v) is 4.82. The summed E-state index contributed by atoms with van der Waals surface area (Å²) in [5.74, 6) is 1.89. The molecule has 0 amide bonds. The number of nitrogens with two attached hydrogens (primary N) is 1. The number of halogens is 1. The fourth-order valence-corrected chi connectivity index (χ4v) is 3.13. The Kier molecular flexibility index (Phi) is 3.65. The van der Waals surface area contributed by atoms with Crippen LogP contribution in [0.3, 0.4) is 0 Å². The molecule has 1 aromatic carbocycles. The van der Waals surface area contributed by atoms with Crippen LogP contribution < -0.4 is 5.73 Å². The minimum Gasteiger partial charge on any atom is -0.337 e. The van der Waals surface area contributed by atoms with Crippen LogP contribution in [0.1, 0.15) is 38.5 Å². The smallest absolute Gasteiger partial charge is 0.247 e. The normalized spacial score (nSPS) is 26.6. The molecule has 0 unspecified atom stereocenters. The van der Waals surface area contributed by atoms with E-state index >= 15 is 0 Å². The molecule has 20 heavy (non-hydrogen) atoms. The SMILES string of the molecule is CC1CCC(N)(c2nc(-c3ccccc3Br)no2)CC1. The van der Waals surface area contributed by atoms with Crippen molar-refractivity contribution in [2.75, 3.05) is 0 Å². The van der Waals surface area contributed by atoms with Gasteiger partial charge in [0.15, 0.2) is 0 Å². The van der Waals surface area contributed by atoms with Crippen molar-refractivity contribution in [3.05, 3.63) is 34.6 Å². The molecule has 5 heteroatoms. The van der Waals surface area contributed by atoms with Crippen LogP contribution in [0.25, 0.3) is 11.4 Å². The van der Waals surface area contributed by atoms with E-state index in [0.29, 0.717) is 11.7 Å². The molecule has 0 spiro atoms. The van der Waals surface area contributed by atoms with E-state index in [0.717, 1.165) is 41.6 Å². The van der Waals surface area contributed by atoms with E-state index in [4.69, 9.17) is 10.3 Å². The van der Waals surface area contributed by atoms with Gasteiger partial charge in [-0.15, -0.1) is 0 Å². The van der Waals surface area contributed by atoms with Gasteiger partial charge >= 0.3 is 0 Å². The minimum absolute atomic E-state index is 0.459. The van der Waals surface area contributed by atoms with Crippen LogP contribution in [0.2, 0.25) is 0 Å². The van der Waals surface area contributed by atoms with Crippen molar-refractivity contribution in [1.82, 2.24) is 10.1 Å². The Balaban J connectivity index is 1.89. The van der Waals surface area contributed by atoms with Crippen LogP contribution in [-0.4, -0.2) is 10.1 Å². The van der Waals surface area contributed by atoms with Crippen LogP contribution in [0.4, 0.5) is 0 Å². The number of rotatable bonds is 2. The lowest BCUT2D eigenvalue weighted by Gasteiger charge is -2.32. The molecule has 1 saturated carbocycles. The van der Waals surface area contributed by atoms with E-state index in [1.807, 2.05) is 24.3 Å². The van der Waals surface area contributed by atoms with Crippen molar-refractivity contribution in [3.63, 3.8) is 0 Å². The fourth-order valence-electron chi connectivity index (χ4n) is 2.67. The molecule has 1 aliphatic carbocycles. The van der Waals surface area contributed by atoms with E-state index in [2.05, 4.69) is 33.0 Å². The van der Waals surface area contributed by atoms with E-state index in [9.17, 15) is 0 Å². The molecule has 4 nitrogen and oxygen atoms in total. The number of nitrogens with zero attached hydrogens (tertiary/aromatic N) is 2. The van der Waals surface area contributed by atoms with Crippen molar-refractivity contribution in [2.45, 2.75) is 38.1 Å². The van der Waals surface area contributed by atoms with Crippen molar-refractivity contribution in [3.8, 4) is 11.4 Å². The van der Waals surface area contributed by atoms with E-state index in [1.165, 1.54) is 0 Å². The summed E-state index contributed by atoms with van der Waals surface area (Å²) in [4.78, 5) is 4.53. The van der Waals surface area contributed by atoms with Gasteiger partial charge in [0.1, 0.15) is 0 Å². The zero-order chi connectivity index (χ0) is 14.2. The summed E-state index contributed by atoms with van der Waals surface area (Å²) in [5.41, 5.74) is 6.93. The Morgan fingerprint density at radius 1 is 1.30 bits per heavy atom. The molecule has 0 atom stereocenters. The zero-order valence-corrected chi connectivity index (χ0v) is 13.1.